The summed E-state index contributed by atoms with van der Waals surface area (Å²) in [6.45, 7) is 0. The van der Waals surface area contributed by atoms with E-state index < -0.39 is 35.8 Å². The van der Waals surface area contributed by atoms with Crippen molar-refractivity contribution in [1.29, 1.82) is 0 Å². The molecule has 2 aromatic rings. The van der Waals surface area contributed by atoms with Gasteiger partial charge in [-0.25, -0.2) is 0 Å². The summed E-state index contributed by atoms with van der Waals surface area (Å²) < 4.78 is 63.0. The van der Waals surface area contributed by atoms with E-state index in [0.717, 1.165) is 6.07 Å². The summed E-state index contributed by atoms with van der Waals surface area (Å²) in [5, 5.41) is 9.47. The van der Waals surface area contributed by atoms with Crippen LogP contribution >= 0.6 is 0 Å². The van der Waals surface area contributed by atoms with Crippen LogP contribution in [-0.4, -0.2) is 31.0 Å². The van der Waals surface area contributed by atoms with Gasteiger partial charge >= 0.3 is 0 Å². The van der Waals surface area contributed by atoms with E-state index in [-0.39, 0.29) is 16.5 Å². The Hall–Kier alpha value is -1.88. The predicted octanol–water partition coefficient (Wildman–Crippen LogP) is 0.621. The largest absolute Gasteiger partial charge is 0.506 e. The molecule has 0 bridgehead atoms. The van der Waals surface area contributed by atoms with Crippen LogP contribution in [0.4, 0.5) is 5.69 Å². The molecule has 0 amide bonds. The normalized spacial score (nSPS) is 12.7. The van der Waals surface area contributed by atoms with E-state index in [1.54, 1.807) is 0 Å². The molecule has 0 aliphatic rings. The molecule has 10 heteroatoms. The monoisotopic (exact) mass is 319 g/mol. The SMILES string of the molecule is Nc1ccc2c(S(=O)(=O)O)cc(S(=O)(=O)O)c(O)c2c1. The maximum atomic E-state index is 11.3. The summed E-state index contributed by atoms with van der Waals surface area (Å²) in [4.78, 5) is -1.80. The Bertz CT molecular complexity index is 916. The summed E-state index contributed by atoms with van der Waals surface area (Å²) in [6, 6.07) is 4.09. The molecule has 0 heterocycles. The molecule has 0 fully saturated rings. The highest BCUT2D eigenvalue weighted by atomic mass is 32.2. The first-order valence-electron chi connectivity index (χ1n) is 5.02. The molecule has 0 aromatic heterocycles. The summed E-state index contributed by atoms with van der Waals surface area (Å²) in [5.41, 5.74) is 5.60. The Morgan fingerprint density at radius 1 is 0.850 bits per heavy atom. The fourth-order valence-electron chi connectivity index (χ4n) is 1.78. The van der Waals surface area contributed by atoms with Crippen LogP contribution in [0.2, 0.25) is 0 Å². The molecule has 5 N–H and O–H groups in total. The fraction of sp³-hybridized carbons (Fsp3) is 0. The van der Waals surface area contributed by atoms with E-state index in [1.807, 2.05) is 0 Å². The number of hydrogen-bond donors (Lipinski definition) is 4. The lowest BCUT2D eigenvalue weighted by Gasteiger charge is -2.10. The molecule has 0 aliphatic carbocycles. The van der Waals surface area contributed by atoms with Gasteiger partial charge in [0.25, 0.3) is 20.2 Å². The smallest absolute Gasteiger partial charge is 0.298 e. The van der Waals surface area contributed by atoms with Crippen molar-refractivity contribution in [1.82, 2.24) is 0 Å². The van der Waals surface area contributed by atoms with Crippen molar-refractivity contribution in [2.24, 2.45) is 0 Å². The van der Waals surface area contributed by atoms with E-state index in [1.165, 1.54) is 12.1 Å². The van der Waals surface area contributed by atoms with Crippen LogP contribution in [0, 0.1) is 0 Å². The van der Waals surface area contributed by atoms with Crippen molar-refractivity contribution in [3.8, 4) is 5.75 Å². The molecule has 8 nitrogen and oxygen atoms in total. The first-order valence-corrected chi connectivity index (χ1v) is 7.90. The minimum Gasteiger partial charge on any atom is -0.506 e. The first-order chi connectivity index (χ1) is 9.01. The molecular formula is C10H9NO7S2. The number of nitrogens with two attached hydrogens (primary N) is 1. The van der Waals surface area contributed by atoms with Crippen LogP contribution in [-0.2, 0) is 20.2 Å². The highest BCUT2D eigenvalue weighted by Gasteiger charge is 2.25. The van der Waals surface area contributed by atoms with Gasteiger partial charge in [-0.3, -0.25) is 9.11 Å². The molecule has 2 rings (SSSR count). The van der Waals surface area contributed by atoms with Crippen LogP contribution in [0.1, 0.15) is 0 Å². The average Bonchev–Trinajstić information content (AvgIpc) is 2.26. The number of phenols is 1. The molecule has 0 unspecified atom stereocenters. The molecule has 108 valence electrons. The van der Waals surface area contributed by atoms with Gasteiger partial charge in [0, 0.05) is 16.5 Å². The molecule has 0 saturated heterocycles. The van der Waals surface area contributed by atoms with Crippen molar-refractivity contribution in [3.63, 3.8) is 0 Å². The Morgan fingerprint density at radius 3 is 1.90 bits per heavy atom. The zero-order chi connectivity index (χ0) is 15.3. The quantitative estimate of drug-likeness (QED) is 0.463. The highest BCUT2D eigenvalue weighted by Crippen LogP contribution is 2.37. The topological polar surface area (TPSA) is 155 Å². The summed E-state index contributed by atoms with van der Waals surface area (Å²) in [5.74, 6) is -0.859. The van der Waals surface area contributed by atoms with Gasteiger partial charge in [-0.15, -0.1) is 0 Å². The molecule has 0 atom stereocenters. The van der Waals surface area contributed by atoms with Gasteiger partial charge < -0.3 is 10.8 Å². The fourth-order valence-corrected chi connectivity index (χ4v) is 3.20. The lowest BCUT2D eigenvalue weighted by molar-refractivity contribution is 0.447. The van der Waals surface area contributed by atoms with Crippen molar-refractivity contribution < 1.29 is 31.0 Å². The van der Waals surface area contributed by atoms with Gasteiger partial charge in [0.1, 0.15) is 15.5 Å². The van der Waals surface area contributed by atoms with Gasteiger partial charge in [0.2, 0.25) is 0 Å². The number of benzene rings is 2. The third-order valence-corrected chi connectivity index (χ3v) is 4.38. The van der Waals surface area contributed by atoms with Crippen LogP contribution < -0.4 is 5.73 Å². The van der Waals surface area contributed by atoms with E-state index in [2.05, 4.69) is 0 Å². The van der Waals surface area contributed by atoms with E-state index >= 15 is 0 Å². The number of phenolic OH excluding ortho intramolecular Hbond substituents is 1. The molecule has 0 aliphatic heterocycles. The standard InChI is InChI=1S/C10H9NO7S2/c11-5-1-2-6-7(3-5)10(12)9(20(16,17)18)4-8(6)19(13,14)15/h1-4,12H,11H2,(H,13,14,15)(H,16,17,18). The number of hydrogen-bond acceptors (Lipinski definition) is 6. The lowest BCUT2D eigenvalue weighted by atomic mass is 10.1. The molecular weight excluding hydrogens is 310 g/mol. The second-order valence-corrected chi connectivity index (χ2v) is 6.76. The summed E-state index contributed by atoms with van der Waals surface area (Å²) in [7, 11) is -9.66. The van der Waals surface area contributed by atoms with Gasteiger partial charge in [-0.1, -0.05) is 6.07 Å². The maximum Gasteiger partial charge on any atom is 0.298 e. The van der Waals surface area contributed by atoms with Crippen LogP contribution in [0.3, 0.4) is 0 Å². The minimum absolute atomic E-state index is 0.126. The van der Waals surface area contributed by atoms with Gasteiger partial charge in [0.05, 0.1) is 0 Å². The van der Waals surface area contributed by atoms with Crippen molar-refractivity contribution >= 4 is 36.7 Å². The molecule has 0 radical (unpaired) electrons. The Kier molecular flexibility index (Phi) is 3.13. The number of anilines is 1. The molecule has 2 aromatic carbocycles. The van der Waals surface area contributed by atoms with Crippen LogP contribution in [0.25, 0.3) is 10.8 Å². The number of rotatable bonds is 2. The molecule has 0 spiro atoms. The minimum atomic E-state index is -4.89. The maximum absolute atomic E-state index is 11.3. The Morgan fingerprint density at radius 2 is 1.40 bits per heavy atom. The number of nitrogen functional groups attached to an aromatic ring is 1. The van der Waals surface area contributed by atoms with Crippen molar-refractivity contribution in [2.45, 2.75) is 9.79 Å². The number of aromatic hydroxyl groups is 1. The van der Waals surface area contributed by atoms with Gasteiger partial charge in [0.15, 0.2) is 0 Å². The second-order valence-electron chi connectivity index (χ2n) is 3.98. The predicted molar refractivity (Wildman–Crippen MR) is 69.7 cm³/mol. The van der Waals surface area contributed by atoms with E-state index in [9.17, 15) is 21.9 Å². The van der Waals surface area contributed by atoms with E-state index in [0.29, 0.717) is 6.07 Å². The average molecular weight is 319 g/mol. The zero-order valence-electron chi connectivity index (χ0n) is 9.68. The van der Waals surface area contributed by atoms with Crippen LogP contribution in [0.5, 0.6) is 5.75 Å². The second kappa shape index (κ2) is 4.31. The lowest BCUT2D eigenvalue weighted by Crippen LogP contribution is -2.05. The third kappa shape index (κ3) is 2.41. The summed E-state index contributed by atoms with van der Waals surface area (Å²) >= 11 is 0. The molecule has 0 saturated carbocycles. The number of fused-ring (bicyclic) bond motifs is 1. The molecule has 20 heavy (non-hydrogen) atoms. The Balaban J connectivity index is 3.12. The first kappa shape index (κ1) is 14.5. The van der Waals surface area contributed by atoms with Gasteiger partial charge in [-0.05, 0) is 18.2 Å². The van der Waals surface area contributed by atoms with E-state index in [4.69, 9.17) is 14.8 Å². The zero-order valence-corrected chi connectivity index (χ0v) is 11.3. The van der Waals surface area contributed by atoms with Crippen LogP contribution in [0.15, 0.2) is 34.1 Å². The van der Waals surface area contributed by atoms with Crippen molar-refractivity contribution in [3.05, 3.63) is 24.3 Å². The Labute approximate surface area is 114 Å². The summed E-state index contributed by atoms with van der Waals surface area (Å²) in [6.07, 6.45) is 0. The highest BCUT2D eigenvalue weighted by molar-refractivity contribution is 7.86. The van der Waals surface area contributed by atoms with Gasteiger partial charge in [-0.2, -0.15) is 16.8 Å². The van der Waals surface area contributed by atoms with Crippen molar-refractivity contribution in [2.75, 3.05) is 5.73 Å². The third-order valence-electron chi connectivity index (χ3n) is 2.62.